The number of aromatic nitrogens is 2. The molecule has 8 nitrogen and oxygen atoms in total. The SMILES string of the molecule is CCc1nn(C)c(NCC(=O)NC(C)C)c1[N+](=O)[O-]. The van der Waals surface area contributed by atoms with Gasteiger partial charge in [-0.3, -0.25) is 14.9 Å². The fourth-order valence-electron chi connectivity index (χ4n) is 1.73. The highest BCUT2D eigenvalue weighted by atomic mass is 16.6. The van der Waals surface area contributed by atoms with E-state index in [4.69, 9.17) is 0 Å². The first-order chi connectivity index (χ1) is 8.86. The van der Waals surface area contributed by atoms with Gasteiger partial charge in [-0.05, 0) is 20.3 Å². The Morgan fingerprint density at radius 2 is 2.16 bits per heavy atom. The number of aryl methyl sites for hydroxylation is 2. The zero-order valence-corrected chi connectivity index (χ0v) is 11.6. The molecule has 1 aromatic rings. The maximum atomic E-state index is 11.5. The summed E-state index contributed by atoms with van der Waals surface area (Å²) in [7, 11) is 1.61. The number of anilines is 1. The van der Waals surface area contributed by atoms with Gasteiger partial charge in [0, 0.05) is 13.1 Å². The molecule has 2 N–H and O–H groups in total. The Morgan fingerprint density at radius 3 is 2.63 bits per heavy atom. The van der Waals surface area contributed by atoms with Crippen LogP contribution in [0.25, 0.3) is 0 Å². The second-order valence-corrected chi connectivity index (χ2v) is 4.45. The van der Waals surface area contributed by atoms with Crippen molar-refractivity contribution in [2.45, 2.75) is 33.2 Å². The molecule has 1 amide bonds. The highest BCUT2D eigenvalue weighted by molar-refractivity contribution is 5.81. The molecule has 0 aliphatic heterocycles. The van der Waals surface area contributed by atoms with Crippen LogP contribution in [0.2, 0.25) is 0 Å². The zero-order chi connectivity index (χ0) is 14.6. The van der Waals surface area contributed by atoms with Gasteiger partial charge in [0.2, 0.25) is 11.7 Å². The number of carbonyl (C=O) groups is 1. The predicted octanol–water partition coefficient (Wildman–Crippen LogP) is 0.827. The standard InChI is InChI=1S/C11H19N5O3/c1-5-8-10(16(18)19)11(15(4)14-8)12-6-9(17)13-7(2)3/h7,12H,5-6H2,1-4H3,(H,13,17). The molecular weight excluding hydrogens is 250 g/mol. The molecule has 1 heterocycles. The zero-order valence-electron chi connectivity index (χ0n) is 11.6. The Balaban J connectivity index is 2.86. The van der Waals surface area contributed by atoms with E-state index in [-0.39, 0.29) is 30.0 Å². The Labute approximate surface area is 111 Å². The molecule has 1 rings (SSSR count). The first-order valence-corrected chi connectivity index (χ1v) is 6.10. The van der Waals surface area contributed by atoms with E-state index in [1.54, 1.807) is 14.0 Å². The fourth-order valence-corrected chi connectivity index (χ4v) is 1.73. The fraction of sp³-hybridized carbons (Fsp3) is 0.636. The van der Waals surface area contributed by atoms with Crippen LogP contribution < -0.4 is 10.6 Å². The Bertz CT molecular complexity index is 481. The normalized spacial score (nSPS) is 10.6. The Hall–Kier alpha value is -2.12. The van der Waals surface area contributed by atoms with Crippen LogP contribution in [0, 0.1) is 10.1 Å². The molecule has 0 saturated heterocycles. The molecule has 0 aliphatic rings. The maximum Gasteiger partial charge on any atom is 0.333 e. The molecule has 8 heteroatoms. The molecule has 1 aromatic heterocycles. The summed E-state index contributed by atoms with van der Waals surface area (Å²) in [5, 5.41) is 20.6. The van der Waals surface area contributed by atoms with Crippen LogP contribution in [0.15, 0.2) is 0 Å². The van der Waals surface area contributed by atoms with E-state index in [2.05, 4.69) is 15.7 Å². The van der Waals surface area contributed by atoms with Crippen molar-refractivity contribution in [1.29, 1.82) is 0 Å². The van der Waals surface area contributed by atoms with Crippen LogP contribution in [0.4, 0.5) is 11.5 Å². The number of nitrogens with zero attached hydrogens (tertiary/aromatic N) is 3. The highest BCUT2D eigenvalue weighted by Crippen LogP contribution is 2.27. The van der Waals surface area contributed by atoms with Gasteiger partial charge in [0.05, 0.1) is 11.5 Å². The molecule has 0 atom stereocenters. The number of hydrogen-bond donors (Lipinski definition) is 2. The number of carbonyl (C=O) groups excluding carboxylic acids is 1. The van der Waals surface area contributed by atoms with Crippen LogP contribution in [-0.2, 0) is 18.3 Å². The molecule has 0 spiro atoms. The van der Waals surface area contributed by atoms with Crippen molar-refractivity contribution >= 4 is 17.4 Å². The van der Waals surface area contributed by atoms with Crippen LogP contribution in [0.5, 0.6) is 0 Å². The van der Waals surface area contributed by atoms with Crippen LogP contribution in [0.1, 0.15) is 26.5 Å². The predicted molar refractivity (Wildman–Crippen MR) is 71.0 cm³/mol. The molecule has 0 radical (unpaired) electrons. The van der Waals surface area contributed by atoms with Crippen molar-refractivity contribution in [3.63, 3.8) is 0 Å². The van der Waals surface area contributed by atoms with Crippen LogP contribution in [0.3, 0.4) is 0 Å². The van der Waals surface area contributed by atoms with E-state index in [1.807, 2.05) is 13.8 Å². The summed E-state index contributed by atoms with van der Waals surface area (Å²) in [4.78, 5) is 22.1. The molecule has 0 fully saturated rings. The van der Waals surface area contributed by atoms with Gasteiger partial charge < -0.3 is 10.6 Å². The van der Waals surface area contributed by atoms with Gasteiger partial charge in [-0.25, -0.2) is 4.68 Å². The second-order valence-electron chi connectivity index (χ2n) is 4.45. The minimum atomic E-state index is -0.478. The van der Waals surface area contributed by atoms with Gasteiger partial charge in [-0.15, -0.1) is 0 Å². The summed E-state index contributed by atoms with van der Waals surface area (Å²) in [5.74, 6) is 0.0318. The monoisotopic (exact) mass is 269 g/mol. The van der Waals surface area contributed by atoms with E-state index >= 15 is 0 Å². The topological polar surface area (TPSA) is 102 Å². The van der Waals surface area contributed by atoms with Crippen molar-refractivity contribution in [3.05, 3.63) is 15.8 Å². The minimum Gasteiger partial charge on any atom is -0.355 e. The third-order valence-corrected chi connectivity index (χ3v) is 2.48. The van der Waals surface area contributed by atoms with Gasteiger partial charge in [-0.1, -0.05) is 6.92 Å². The summed E-state index contributed by atoms with van der Waals surface area (Å²) in [6.07, 6.45) is 0.462. The summed E-state index contributed by atoms with van der Waals surface area (Å²) >= 11 is 0. The average Bonchev–Trinajstić information content (AvgIpc) is 2.62. The molecule has 0 aromatic carbocycles. The lowest BCUT2D eigenvalue weighted by Gasteiger charge is -2.09. The molecule has 0 saturated carbocycles. The summed E-state index contributed by atoms with van der Waals surface area (Å²) < 4.78 is 1.39. The van der Waals surface area contributed by atoms with Gasteiger partial charge in [0.15, 0.2) is 0 Å². The largest absolute Gasteiger partial charge is 0.355 e. The lowest BCUT2D eigenvalue weighted by Crippen LogP contribution is -2.35. The minimum absolute atomic E-state index is 0.0261. The van der Waals surface area contributed by atoms with E-state index in [9.17, 15) is 14.9 Å². The maximum absolute atomic E-state index is 11.5. The number of rotatable bonds is 6. The first kappa shape index (κ1) is 14.9. The molecule has 0 unspecified atom stereocenters. The smallest absolute Gasteiger partial charge is 0.333 e. The van der Waals surface area contributed by atoms with Crippen LogP contribution in [-0.4, -0.2) is 33.2 Å². The number of hydrogen-bond acceptors (Lipinski definition) is 5. The summed E-state index contributed by atoms with van der Waals surface area (Å²) in [6, 6.07) is 0.0297. The molecule has 19 heavy (non-hydrogen) atoms. The van der Waals surface area contributed by atoms with E-state index in [1.165, 1.54) is 4.68 Å². The van der Waals surface area contributed by atoms with Crippen molar-refractivity contribution in [3.8, 4) is 0 Å². The lowest BCUT2D eigenvalue weighted by atomic mass is 10.3. The average molecular weight is 269 g/mol. The molecule has 0 aliphatic carbocycles. The Kier molecular flexibility index (Phi) is 4.85. The van der Waals surface area contributed by atoms with Crippen molar-refractivity contribution in [2.24, 2.45) is 7.05 Å². The van der Waals surface area contributed by atoms with Gasteiger partial charge >= 0.3 is 5.69 Å². The number of amides is 1. The van der Waals surface area contributed by atoms with Gasteiger partial charge in [-0.2, -0.15) is 5.10 Å². The number of nitrogens with one attached hydrogen (secondary N) is 2. The third kappa shape index (κ3) is 3.67. The summed E-state index contributed by atoms with van der Waals surface area (Å²) in [5.41, 5.74) is 0.335. The lowest BCUT2D eigenvalue weighted by molar-refractivity contribution is -0.384. The van der Waals surface area contributed by atoms with Gasteiger partial charge in [0.25, 0.3) is 0 Å². The van der Waals surface area contributed by atoms with E-state index in [0.29, 0.717) is 12.1 Å². The van der Waals surface area contributed by atoms with E-state index in [0.717, 1.165) is 0 Å². The second kappa shape index (κ2) is 6.17. The number of nitro groups is 1. The Morgan fingerprint density at radius 1 is 1.53 bits per heavy atom. The molecule has 0 bridgehead atoms. The van der Waals surface area contributed by atoms with Crippen molar-refractivity contribution in [1.82, 2.24) is 15.1 Å². The van der Waals surface area contributed by atoms with Gasteiger partial charge in [0.1, 0.15) is 5.69 Å². The van der Waals surface area contributed by atoms with Crippen LogP contribution >= 0.6 is 0 Å². The van der Waals surface area contributed by atoms with E-state index < -0.39 is 4.92 Å². The summed E-state index contributed by atoms with van der Waals surface area (Å²) in [6.45, 7) is 5.46. The molecular formula is C11H19N5O3. The first-order valence-electron chi connectivity index (χ1n) is 6.10. The third-order valence-electron chi connectivity index (χ3n) is 2.48. The quantitative estimate of drug-likeness (QED) is 0.588. The highest BCUT2D eigenvalue weighted by Gasteiger charge is 2.25. The van der Waals surface area contributed by atoms with Crippen molar-refractivity contribution < 1.29 is 9.72 Å². The van der Waals surface area contributed by atoms with Crippen molar-refractivity contribution in [2.75, 3.05) is 11.9 Å². The molecule has 106 valence electrons.